The molecule has 0 radical (unpaired) electrons. The van der Waals surface area contributed by atoms with Crippen LogP contribution in [0.5, 0.6) is 0 Å². The highest BCUT2D eigenvalue weighted by Crippen LogP contribution is 2.29. The van der Waals surface area contributed by atoms with Crippen LogP contribution in [0.3, 0.4) is 0 Å². The van der Waals surface area contributed by atoms with Gasteiger partial charge in [0.05, 0.1) is 0 Å². The Morgan fingerprint density at radius 1 is 1.00 bits per heavy atom. The highest BCUT2D eigenvalue weighted by molar-refractivity contribution is 4.84. The molecule has 0 aromatic carbocycles. The van der Waals surface area contributed by atoms with Crippen LogP contribution in [0.15, 0.2) is 0 Å². The Labute approximate surface area is 126 Å². The first-order valence-electron chi connectivity index (χ1n) is 9.29. The molecule has 2 unspecified atom stereocenters. The van der Waals surface area contributed by atoms with Crippen LogP contribution in [-0.2, 0) is 0 Å². The van der Waals surface area contributed by atoms with E-state index in [-0.39, 0.29) is 0 Å². The Balaban J connectivity index is 1.80. The van der Waals surface area contributed by atoms with Gasteiger partial charge in [0.1, 0.15) is 0 Å². The van der Waals surface area contributed by atoms with Gasteiger partial charge in [0.25, 0.3) is 0 Å². The second kappa shape index (κ2) is 9.04. The van der Waals surface area contributed by atoms with Crippen LogP contribution in [0, 0.1) is 11.8 Å². The fraction of sp³-hybridized carbons (Fsp3) is 1.00. The summed E-state index contributed by atoms with van der Waals surface area (Å²) in [4.78, 5) is 2.77. The molecular formula is C18H36N2. The Morgan fingerprint density at radius 3 is 2.50 bits per heavy atom. The van der Waals surface area contributed by atoms with Gasteiger partial charge >= 0.3 is 0 Å². The largest absolute Gasteiger partial charge is 0.313 e. The van der Waals surface area contributed by atoms with E-state index in [1.54, 1.807) is 0 Å². The van der Waals surface area contributed by atoms with Crippen LogP contribution in [0.2, 0.25) is 0 Å². The molecule has 2 rings (SSSR count). The molecule has 0 spiro atoms. The van der Waals surface area contributed by atoms with Crippen molar-refractivity contribution in [3.63, 3.8) is 0 Å². The molecule has 2 heteroatoms. The second-order valence-corrected chi connectivity index (χ2v) is 7.09. The second-order valence-electron chi connectivity index (χ2n) is 7.09. The third-order valence-electron chi connectivity index (χ3n) is 5.53. The number of nitrogens with one attached hydrogen (secondary N) is 1. The minimum absolute atomic E-state index is 0.755. The molecule has 20 heavy (non-hydrogen) atoms. The molecule has 1 saturated heterocycles. The maximum Gasteiger partial charge on any atom is 0.0223 e. The minimum Gasteiger partial charge on any atom is -0.313 e. The van der Waals surface area contributed by atoms with Gasteiger partial charge in [-0.1, -0.05) is 39.5 Å². The molecule has 0 aromatic rings. The monoisotopic (exact) mass is 280 g/mol. The van der Waals surface area contributed by atoms with E-state index in [4.69, 9.17) is 0 Å². The molecule has 1 saturated carbocycles. The number of likely N-dealkylation sites (N-methyl/N-ethyl adjacent to an activating group) is 1. The average Bonchev–Trinajstić information content (AvgIpc) is 2.89. The van der Waals surface area contributed by atoms with Crippen molar-refractivity contribution < 1.29 is 0 Å². The Kier molecular flexibility index (Phi) is 7.37. The summed E-state index contributed by atoms with van der Waals surface area (Å²) >= 11 is 0. The average molecular weight is 281 g/mol. The highest BCUT2D eigenvalue weighted by atomic mass is 15.1. The van der Waals surface area contributed by atoms with Crippen molar-refractivity contribution in [2.45, 2.75) is 77.7 Å². The van der Waals surface area contributed by atoms with E-state index in [0.717, 1.165) is 24.4 Å². The van der Waals surface area contributed by atoms with Crippen molar-refractivity contribution in [1.82, 2.24) is 10.2 Å². The Morgan fingerprint density at radius 2 is 1.80 bits per heavy atom. The highest BCUT2D eigenvalue weighted by Gasteiger charge is 2.27. The molecule has 0 amide bonds. The lowest BCUT2D eigenvalue weighted by Gasteiger charge is -2.30. The normalized spacial score (nSPS) is 27.6. The summed E-state index contributed by atoms with van der Waals surface area (Å²) in [6.45, 7) is 9.73. The molecule has 1 N–H and O–H groups in total. The lowest BCUT2D eigenvalue weighted by Crippen LogP contribution is -2.45. The third kappa shape index (κ3) is 5.04. The smallest absolute Gasteiger partial charge is 0.0223 e. The summed E-state index contributed by atoms with van der Waals surface area (Å²) in [6, 6.07) is 0.755. The molecule has 1 aliphatic heterocycles. The summed E-state index contributed by atoms with van der Waals surface area (Å²) < 4.78 is 0. The van der Waals surface area contributed by atoms with Crippen molar-refractivity contribution in [1.29, 1.82) is 0 Å². The maximum absolute atomic E-state index is 3.79. The van der Waals surface area contributed by atoms with Gasteiger partial charge < -0.3 is 10.2 Å². The van der Waals surface area contributed by atoms with Gasteiger partial charge in [-0.05, 0) is 63.6 Å². The van der Waals surface area contributed by atoms with E-state index >= 15 is 0 Å². The van der Waals surface area contributed by atoms with E-state index in [1.807, 2.05) is 0 Å². The van der Waals surface area contributed by atoms with E-state index in [1.165, 1.54) is 77.4 Å². The number of nitrogens with zero attached hydrogens (tertiary/aromatic N) is 1. The SMILES string of the molecule is CCCC1CCCN(CC(NCC)C2CCCC2)CC1. The first-order chi connectivity index (χ1) is 9.83. The quantitative estimate of drug-likeness (QED) is 0.756. The molecule has 1 aliphatic carbocycles. The van der Waals surface area contributed by atoms with Gasteiger partial charge in [-0.25, -0.2) is 0 Å². The van der Waals surface area contributed by atoms with Crippen LogP contribution in [0.1, 0.15) is 71.6 Å². The van der Waals surface area contributed by atoms with Gasteiger partial charge in [-0.3, -0.25) is 0 Å². The molecule has 118 valence electrons. The summed E-state index contributed by atoms with van der Waals surface area (Å²) in [5, 5.41) is 3.79. The molecule has 2 fully saturated rings. The van der Waals surface area contributed by atoms with Crippen LogP contribution in [-0.4, -0.2) is 37.1 Å². The summed E-state index contributed by atoms with van der Waals surface area (Å²) in [6.07, 6.45) is 13.0. The zero-order chi connectivity index (χ0) is 14.2. The third-order valence-corrected chi connectivity index (χ3v) is 5.53. The van der Waals surface area contributed by atoms with Crippen LogP contribution in [0.4, 0.5) is 0 Å². The van der Waals surface area contributed by atoms with Gasteiger partial charge in [0.2, 0.25) is 0 Å². The molecule has 0 aromatic heterocycles. The zero-order valence-corrected chi connectivity index (χ0v) is 13.9. The van der Waals surface area contributed by atoms with Crippen molar-refractivity contribution >= 4 is 0 Å². The van der Waals surface area contributed by atoms with Gasteiger partial charge in [-0.2, -0.15) is 0 Å². The van der Waals surface area contributed by atoms with Gasteiger partial charge in [-0.15, -0.1) is 0 Å². The summed E-state index contributed by atoms with van der Waals surface area (Å²) in [5.41, 5.74) is 0. The molecule has 0 bridgehead atoms. The van der Waals surface area contributed by atoms with E-state index in [0.29, 0.717) is 0 Å². The van der Waals surface area contributed by atoms with Crippen LogP contribution < -0.4 is 5.32 Å². The number of hydrogen-bond donors (Lipinski definition) is 1. The first-order valence-corrected chi connectivity index (χ1v) is 9.29. The number of hydrogen-bond acceptors (Lipinski definition) is 2. The zero-order valence-electron chi connectivity index (χ0n) is 13.9. The molecule has 2 atom stereocenters. The van der Waals surface area contributed by atoms with Crippen molar-refractivity contribution in [2.24, 2.45) is 11.8 Å². The van der Waals surface area contributed by atoms with Crippen molar-refractivity contribution in [3.8, 4) is 0 Å². The van der Waals surface area contributed by atoms with Crippen LogP contribution in [0.25, 0.3) is 0 Å². The maximum atomic E-state index is 3.79. The lowest BCUT2D eigenvalue weighted by molar-refractivity contribution is 0.213. The number of rotatable bonds is 7. The van der Waals surface area contributed by atoms with Gasteiger partial charge in [0.15, 0.2) is 0 Å². The van der Waals surface area contributed by atoms with Crippen molar-refractivity contribution in [3.05, 3.63) is 0 Å². The summed E-state index contributed by atoms with van der Waals surface area (Å²) in [7, 11) is 0. The molecule has 2 aliphatic rings. The molecular weight excluding hydrogens is 244 g/mol. The minimum atomic E-state index is 0.755. The predicted molar refractivity (Wildman–Crippen MR) is 88.1 cm³/mol. The lowest BCUT2D eigenvalue weighted by atomic mass is 9.96. The standard InChI is InChI=1S/C18H36N2/c1-3-8-16-9-7-13-20(14-12-16)15-18(19-4-2)17-10-5-6-11-17/h16-19H,3-15H2,1-2H3. The Bertz CT molecular complexity index is 248. The predicted octanol–water partition coefficient (Wildman–Crippen LogP) is 4.06. The Hall–Kier alpha value is -0.0800. The molecule has 1 heterocycles. The van der Waals surface area contributed by atoms with Crippen molar-refractivity contribution in [2.75, 3.05) is 26.2 Å². The van der Waals surface area contributed by atoms with E-state index < -0.39 is 0 Å². The van der Waals surface area contributed by atoms with E-state index in [9.17, 15) is 0 Å². The fourth-order valence-corrected chi connectivity index (χ4v) is 4.38. The molecule has 2 nitrogen and oxygen atoms in total. The summed E-state index contributed by atoms with van der Waals surface area (Å²) in [5.74, 6) is 1.96. The van der Waals surface area contributed by atoms with Crippen LogP contribution >= 0.6 is 0 Å². The van der Waals surface area contributed by atoms with Gasteiger partial charge in [0, 0.05) is 12.6 Å². The van der Waals surface area contributed by atoms with E-state index in [2.05, 4.69) is 24.1 Å². The first kappa shape index (κ1) is 16.3. The topological polar surface area (TPSA) is 15.3 Å². The number of likely N-dealkylation sites (tertiary alicyclic amines) is 1. The fourth-order valence-electron chi connectivity index (χ4n) is 4.38.